The number of carbonyl (C=O) groups is 2. The molecular weight excluding hydrogens is 320 g/mol. The number of hydrogen-bond donors (Lipinski definition) is 1. The van der Waals surface area contributed by atoms with Gasteiger partial charge in [0.25, 0.3) is 5.91 Å². The number of hydrogen-bond acceptors (Lipinski definition) is 4. The van der Waals surface area contributed by atoms with Crippen LogP contribution in [0, 0.1) is 12.3 Å². The second-order valence-electron chi connectivity index (χ2n) is 7.33. The lowest BCUT2D eigenvalue weighted by Gasteiger charge is -2.24. The number of aryl methyl sites for hydroxylation is 1. The van der Waals surface area contributed by atoms with Crippen molar-refractivity contribution in [1.82, 2.24) is 10.2 Å². The lowest BCUT2D eigenvalue weighted by molar-refractivity contribution is -0.129. The zero-order chi connectivity index (χ0) is 18.6. The fraction of sp³-hybridized carbons (Fsp3) is 0.579. The minimum atomic E-state index is -0.507. The van der Waals surface area contributed by atoms with Crippen LogP contribution in [0.2, 0.25) is 0 Å². The number of carbonyl (C=O) groups excluding carboxylic acids is 2. The molecule has 0 aromatic heterocycles. The lowest BCUT2D eigenvalue weighted by atomic mass is 9.87. The van der Waals surface area contributed by atoms with Gasteiger partial charge in [-0.1, -0.05) is 32.9 Å². The van der Waals surface area contributed by atoms with Gasteiger partial charge in [0.15, 0.2) is 0 Å². The molecule has 3 amide bonds. The Morgan fingerprint density at radius 1 is 1.20 bits per heavy atom. The van der Waals surface area contributed by atoms with Crippen LogP contribution in [0.4, 0.5) is 4.79 Å². The number of benzene rings is 1. The van der Waals surface area contributed by atoms with Gasteiger partial charge in [0.05, 0.1) is 13.2 Å². The van der Waals surface area contributed by atoms with Gasteiger partial charge in [0, 0.05) is 12.2 Å². The summed E-state index contributed by atoms with van der Waals surface area (Å²) in [7, 11) is 0. The van der Waals surface area contributed by atoms with Crippen LogP contribution < -0.4 is 10.1 Å². The van der Waals surface area contributed by atoms with Crippen molar-refractivity contribution in [3.8, 4) is 5.75 Å². The maximum Gasteiger partial charge on any atom is 0.325 e. The summed E-state index contributed by atoms with van der Waals surface area (Å²) in [6.45, 7) is 11.5. The first kappa shape index (κ1) is 19.2. The van der Waals surface area contributed by atoms with E-state index in [-0.39, 0.29) is 23.9 Å². The number of amides is 3. The maximum atomic E-state index is 12.6. The fourth-order valence-electron chi connectivity index (χ4n) is 2.71. The van der Waals surface area contributed by atoms with Gasteiger partial charge in [-0.05, 0) is 30.9 Å². The van der Waals surface area contributed by atoms with Gasteiger partial charge >= 0.3 is 6.03 Å². The van der Waals surface area contributed by atoms with Crippen molar-refractivity contribution < 1.29 is 19.1 Å². The Balaban J connectivity index is 2.14. The average molecular weight is 348 g/mol. The Kier molecular flexibility index (Phi) is 6.06. The van der Waals surface area contributed by atoms with Gasteiger partial charge in [-0.15, -0.1) is 0 Å². The highest BCUT2D eigenvalue weighted by atomic mass is 16.5. The molecule has 1 aliphatic heterocycles. The Bertz CT molecular complexity index is 637. The Labute approximate surface area is 149 Å². The summed E-state index contributed by atoms with van der Waals surface area (Å²) >= 11 is 0. The largest absolute Gasteiger partial charge is 0.491 e. The number of nitrogens with zero attached hydrogens (tertiary/aromatic N) is 1. The molecule has 25 heavy (non-hydrogen) atoms. The average Bonchev–Trinajstić information content (AvgIpc) is 2.82. The van der Waals surface area contributed by atoms with E-state index in [4.69, 9.17) is 9.47 Å². The summed E-state index contributed by atoms with van der Waals surface area (Å²) in [4.78, 5) is 26.1. The fourth-order valence-corrected chi connectivity index (χ4v) is 2.71. The van der Waals surface area contributed by atoms with Crippen LogP contribution in [-0.2, 0) is 16.1 Å². The zero-order valence-corrected chi connectivity index (χ0v) is 15.7. The highest BCUT2D eigenvalue weighted by Gasteiger charge is 2.44. The second-order valence-corrected chi connectivity index (χ2v) is 7.33. The molecule has 0 spiro atoms. The predicted molar refractivity (Wildman–Crippen MR) is 95.5 cm³/mol. The van der Waals surface area contributed by atoms with E-state index in [2.05, 4.69) is 5.32 Å². The molecule has 0 unspecified atom stereocenters. The van der Waals surface area contributed by atoms with E-state index in [0.717, 1.165) is 11.1 Å². The minimum Gasteiger partial charge on any atom is -0.491 e. The highest BCUT2D eigenvalue weighted by Crippen LogP contribution is 2.28. The molecule has 0 bridgehead atoms. The molecule has 2 rings (SSSR count). The highest BCUT2D eigenvalue weighted by molar-refractivity contribution is 6.04. The summed E-state index contributed by atoms with van der Waals surface area (Å²) in [5, 5.41) is 2.78. The van der Waals surface area contributed by atoms with Crippen molar-refractivity contribution in [2.75, 3.05) is 19.8 Å². The van der Waals surface area contributed by atoms with Crippen molar-refractivity contribution in [2.24, 2.45) is 5.41 Å². The van der Waals surface area contributed by atoms with E-state index in [1.54, 1.807) is 0 Å². The van der Waals surface area contributed by atoms with Crippen LogP contribution >= 0.6 is 0 Å². The summed E-state index contributed by atoms with van der Waals surface area (Å²) in [6, 6.07) is 4.90. The molecule has 0 saturated carbocycles. The van der Waals surface area contributed by atoms with Crippen molar-refractivity contribution in [3.63, 3.8) is 0 Å². The molecule has 1 aromatic carbocycles. The topological polar surface area (TPSA) is 67.9 Å². The van der Waals surface area contributed by atoms with Gasteiger partial charge in [-0.2, -0.15) is 0 Å². The third-order valence-electron chi connectivity index (χ3n) is 4.13. The third-order valence-corrected chi connectivity index (χ3v) is 4.13. The van der Waals surface area contributed by atoms with E-state index in [1.807, 2.05) is 52.8 Å². The van der Waals surface area contributed by atoms with Gasteiger partial charge < -0.3 is 14.8 Å². The van der Waals surface area contributed by atoms with Gasteiger partial charge in [0.2, 0.25) is 0 Å². The summed E-state index contributed by atoms with van der Waals surface area (Å²) in [6.07, 6.45) is 0. The smallest absolute Gasteiger partial charge is 0.325 e. The molecule has 1 fully saturated rings. The minimum absolute atomic E-state index is 0.196. The van der Waals surface area contributed by atoms with Gasteiger partial charge in [-0.25, -0.2) is 4.79 Å². The van der Waals surface area contributed by atoms with E-state index >= 15 is 0 Å². The molecule has 1 saturated heterocycles. The number of imide groups is 1. The molecule has 6 nitrogen and oxygen atoms in total. The van der Waals surface area contributed by atoms with Gasteiger partial charge in [-0.3, -0.25) is 9.69 Å². The van der Waals surface area contributed by atoms with Crippen LogP contribution in [-0.4, -0.2) is 42.7 Å². The molecule has 0 radical (unpaired) electrons. The third kappa shape index (κ3) is 4.72. The SMILES string of the molecule is CCOCCOc1cc(C)ccc1CN1C(=O)N[C@H](C(C)(C)C)C1=O. The monoisotopic (exact) mass is 348 g/mol. The standard InChI is InChI=1S/C19H28N2O4/c1-6-24-9-10-25-15-11-13(2)7-8-14(15)12-21-17(22)16(19(3,4)5)20-18(21)23/h7-8,11,16H,6,9-10,12H2,1-5H3,(H,20,23)/t16-/m0/s1. The molecule has 1 atom stereocenters. The molecule has 6 heteroatoms. The number of ether oxygens (including phenoxy) is 2. The first-order valence-electron chi connectivity index (χ1n) is 8.66. The van der Waals surface area contributed by atoms with E-state index in [9.17, 15) is 9.59 Å². The van der Waals surface area contributed by atoms with E-state index in [0.29, 0.717) is 25.6 Å². The molecule has 1 aliphatic rings. The number of rotatable bonds is 7. The van der Waals surface area contributed by atoms with Crippen LogP contribution in [0.5, 0.6) is 5.75 Å². The van der Waals surface area contributed by atoms with Crippen molar-refractivity contribution in [2.45, 2.75) is 47.2 Å². The van der Waals surface area contributed by atoms with E-state index < -0.39 is 6.04 Å². The number of nitrogens with one attached hydrogen (secondary N) is 1. The predicted octanol–water partition coefficient (Wildman–Crippen LogP) is 2.88. The summed E-state index contributed by atoms with van der Waals surface area (Å²) in [5.41, 5.74) is 1.53. The summed E-state index contributed by atoms with van der Waals surface area (Å²) in [5.74, 6) is 0.484. The first-order chi connectivity index (χ1) is 11.7. The lowest BCUT2D eigenvalue weighted by Crippen LogP contribution is -2.41. The van der Waals surface area contributed by atoms with Crippen molar-refractivity contribution in [1.29, 1.82) is 0 Å². The number of urea groups is 1. The molecule has 138 valence electrons. The zero-order valence-electron chi connectivity index (χ0n) is 15.7. The molecule has 1 heterocycles. The van der Waals surface area contributed by atoms with Crippen molar-refractivity contribution in [3.05, 3.63) is 29.3 Å². The Morgan fingerprint density at radius 2 is 1.92 bits per heavy atom. The van der Waals surface area contributed by atoms with Crippen LogP contribution in [0.3, 0.4) is 0 Å². The van der Waals surface area contributed by atoms with Gasteiger partial charge in [0.1, 0.15) is 18.4 Å². The Hall–Kier alpha value is -2.08. The summed E-state index contributed by atoms with van der Waals surface area (Å²) < 4.78 is 11.1. The Morgan fingerprint density at radius 3 is 2.52 bits per heavy atom. The van der Waals surface area contributed by atoms with Crippen LogP contribution in [0.1, 0.15) is 38.8 Å². The molecular formula is C19H28N2O4. The van der Waals surface area contributed by atoms with Crippen LogP contribution in [0.15, 0.2) is 18.2 Å². The molecule has 0 aliphatic carbocycles. The maximum absolute atomic E-state index is 12.6. The van der Waals surface area contributed by atoms with Crippen LogP contribution in [0.25, 0.3) is 0 Å². The molecule has 1 aromatic rings. The first-order valence-corrected chi connectivity index (χ1v) is 8.66. The van der Waals surface area contributed by atoms with Crippen molar-refractivity contribution >= 4 is 11.9 Å². The molecule has 1 N–H and O–H groups in total. The second kappa shape index (κ2) is 7.87. The normalized spacial score (nSPS) is 17.8. The quantitative estimate of drug-likeness (QED) is 0.608. The van der Waals surface area contributed by atoms with E-state index in [1.165, 1.54) is 4.90 Å².